The highest BCUT2D eigenvalue weighted by atomic mass is 19.4. The van der Waals surface area contributed by atoms with Gasteiger partial charge in [0.15, 0.2) is 0 Å². The number of nitrogens with zero attached hydrogens (tertiary/aromatic N) is 2. The molecule has 0 spiro atoms. The van der Waals surface area contributed by atoms with Crippen LogP contribution < -0.4 is 15.4 Å². The quantitative estimate of drug-likeness (QED) is 0.881. The maximum Gasteiger partial charge on any atom is 0.416 e. The predicted octanol–water partition coefficient (Wildman–Crippen LogP) is 3.99. The van der Waals surface area contributed by atoms with Crippen molar-refractivity contribution < 1.29 is 17.9 Å². The van der Waals surface area contributed by atoms with Crippen LogP contribution in [0.2, 0.25) is 0 Å². The molecular formula is C19H16F3N3O. The number of allylic oxidation sites excluding steroid dienone is 1. The summed E-state index contributed by atoms with van der Waals surface area (Å²) in [6, 6.07) is 12.2. The molecule has 0 aromatic heterocycles. The van der Waals surface area contributed by atoms with Gasteiger partial charge in [-0.15, -0.1) is 0 Å². The van der Waals surface area contributed by atoms with Crippen LogP contribution in [0.5, 0.6) is 5.75 Å². The van der Waals surface area contributed by atoms with Gasteiger partial charge in [-0.3, -0.25) is 0 Å². The summed E-state index contributed by atoms with van der Waals surface area (Å²) in [6.45, 7) is 0. The first kappa shape index (κ1) is 17.7. The van der Waals surface area contributed by atoms with Gasteiger partial charge in [0, 0.05) is 31.4 Å². The summed E-state index contributed by atoms with van der Waals surface area (Å²) in [6.07, 6.45) is -4.47. The Hall–Kier alpha value is -3.14. The van der Waals surface area contributed by atoms with Crippen molar-refractivity contribution in [2.24, 2.45) is 5.73 Å². The van der Waals surface area contributed by atoms with Gasteiger partial charge in [-0.25, -0.2) is 0 Å². The van der Waals surface area contributed by atoms with E-state index in [0.29, 0.717) is 16.9 Å². The van der Waals surface area contributed by atoms with Crippen molar-refractivity contribution in [3.05, 3.63) is 70.6 Å². The molecule has 0 bridgehead atoms. The predicted molar refractivity (Wildman–Crippen MR) is 91.5 cm³/mol. The number of hydrogen-bond acceptors (Lipinski definition) is 4. The Labute approximate surface area is 148 Å². The summed E-state index contributed by atoms with van der Waals surface area (Å²) in [5, 5.41) is 9.49. The second kappa shape index (κ2) is 6.30. The van der Waals surface area contributed by atoms with E-state index in [2.05, 4.69) is 0 Å². The van der Waals surface area contributed by atoms with Gasteiger partial charge in [0.25, 0.3) is 0 Å². The summed E-state index contributed by atoms with van der Waals surface area (Å²) in [4.78, 5) is 1.86. The fourth-order valence-corrected chi connectivity index (χ4v) is 2.96. The average Bonchev–Trinajstić information content (AvgIpc) is 2.59. The van der Waals surface area contributed by atoms with Gasteiger partial charge in [0.05, 0.1) is 11.5 Å². The van der Waals surface area contributed by atoms with Gasteiger partial charge in [-0.1, -0.05) is 24.3 Å². The van der Waals surface area contributed by atoms with Crippen molar-refractivity contribution in [1.82, 2.24) is 0 Å². The van der Waals surface area contributed by atoms with E-state index >= 15 is 0 Å². The van der Waals surface area contributed by atoms with E-state index < -0.39 is 17.7 Å². The van der Waals surface area contributed by atoms with E-state index in [-0.39, 0.29) is 11.5 Å². The summed E-state index contributed by atoms with van der Waals surface area (Å²) in [7, 11) is 3.71. The van der Waals surface area contributed by atoms with Crippen molar-refractivity contribution in [3.8, 4) is 11.8 Å². The van der Waals surface area contributed by atoms with Crippen molar-refractivity contribution in [1.29, 1.82) is 5.26 Å². The monoisotopic (exact) mass is 359 g/mol. The van der Waals surface area contributed by atoms with Gasteiger partial charge in [-0.05, 0) is 17.7 Å². The molecule has 3 rings (SSSR count). The Morgan fingerprint density at radius 2 is 1.88 bits per heavy atom. The van der Waals surface area contributed by atoms with E-state index in [9.17, 15) is 18.4 Å². The number of alkyl halides is 3. The third-order valence-electron chi connectivity index (χ3n) is 4.27. The van der Waals surface area contributed by atoms with Crippen LogP contribution in [0.15, 0.2) is 53.9 Å². The SMILES string of the molecule is CN(C)c1ccc2c(c1)OC(N)=C(C#N)[C@H]2c1cccc(C(F)(F)F)c1. The number of halogens is 3. The fourth-order valence-electron chi connectivity index (χ4n) is 2.96. The topological polar surface area (TPSA) is 62.3 Å². The van der Waals surface area contributed by atoms with Crippen molar-refractivity contribution in [2.75, 3.05) is 19.0 Å². The minimum absolute atomic E-state index is 0.0921. The molecule has 1 aliphatic rings. The molecule has 0 unspecified atom stereocenters. The summed E-state index contributed by atoms with van der Waals surface area (Å²) >= 11 is 0. The molecule has 0 aliphatic carbocycles. The van der Waals surface area contributed by atoms with Gasteiger partial charge >= 0.3 is 6.18 Å². The second-order valence-electron chi connectivity index (χ2n) is 6.16. The Morgan fingerprint density at radius 3 is 2.50 bits per heavy atom. The van der Waals surface area contributed by atoms with E-state index in [4.69, 9.17) is 10.5 Å². The molecule has 2 aromatic rings. The molecule has 1 aliphatic heterocycles. The van der Waals surface area contributed by atoms with Crippen LogP contribution in [0.1, 0.15) is 22.6 Å². The molecule has 0 radical (unpaired) electrons. The van der Waals surface area contributed by atoms with Crippen LogP contribution in [0, 0.1) is 11.3 Å². The smallest absolute Gasteiger partial charge is 0.416 e. The van der Waals surface area contributed by atoms with E-state index in [1.54, 1.807) is 18.2 Å². The Morgan fingerprint density at radius 1 is 1.15 bits per heavy atom. The molecular weight excluding hydrogens is 343 g/mol. The lowest BCUT2D eigenvalue weighted by Crippen LogP contribution is -2.22. The van der Waals surface area contributed by atoms with Crippen LogP contribution in [-0.4, -0.2) is 14.1 Å². The summed E-state index contributed by atoms with van der Waals surface area (Å²) in [5.74, 6) is -0.393. The molecule has 1 atom stereocenters. The molecule has 2 N–H and O–H groups in total. The molecule has 2 aromatic carbocycles. The number of nitriles is 1. The number of hydrogen-bond donors (Lipinski definition) is 1. The highest BCUT2D eigenvalue weighted by Crippen LogP contribution is 2.44. The number of nitrogens with two attached hydrogens (primary N) is 1. The van der Waals surface area contributed by atoms with Crippen LogP contribution in [-0.2, 0) is 6.18 Å². The van der Waals surface area contributed by atoms with Crippen LogP contribution >= 0.6 is 0 Å². The molecule has 1 heterocycles. The zero-order chi connectivity index (χ0) is 19.1. The molecule has 4 nitrogen and oxygen atoms in total. The number of fused-ring (bicyclic) bond motifs is 1. The zero-order valence-corrected chi connectivity index (χ0v) is 14.1. The maximum atomic E-state index is 13.1. The highest BCUT2D eigenvalue weighted by molar-refractivity contribution is 5.61. The van der Waals surface area contributed by atoms with Crippen LogP contribution in [0.25, 0.3) is 0 Å². The standard InChI is InChI=1S/C19H16F3N3O/c1-25(2)13-6-7-14-16(9-13)26-18(24)15(10-23)17(14)11-4-3-5-12(8-11)19(20,21)22/h3-9,17H,24H2,1-2H3/t17-/m0/s1. The average molecular weight is 359 g/mol. The first-order chi connectivity index (χ1) is 12.2. The van der Waals surface area contributed by atoms with E-state index in [1.165, 1.54) is 6.07 Å². The van der Waals surface area contributed by atoms with Gasteiger partial charge in [0.1, 0.15) is 17.4 Å². The molecule has 0 fully saturated rings. The molecule has 134 valence electrons. The van der Waals surface area contributed by atoms with Crippen molar-refractivity contribution >= 4 is 5.69 Å². The van der Waals surface area contributed by atoms with E-state index in [1.807, 2.05) is 31.1 Å². The van der Waals surface area contributed by atoms with Gasteiger partial charge in [-0.2, -0.15) is 18.4 Å². The van der Waals surface area contributed by atoms with Crippen LogP contribution in [0.3, 0.4) is 0 Å². The summed E-state index contributed by atoms with van der Waals surface area (Å²) < 4.78 is 44.9. The number of anilines is 1. The Kier molecular flexibility index (Phi) is 4.28. The third-order valence-corrected chi connectivity index (χ3v) is 4.27. The highest BCUT2D eigenvalue weighted by Gasteiger charge is 2.34. The van der Waals surface area contributed by atoms with Crippen molar-refractivity contribution in [2.45, 2.75) is 12.1 Å². The number of benzene rings is 2. The lowest BCUT2D eigenvalue weighted by Gasteiger charge is -2.28. The second-order valence-corrected chi connectivity index (χ2v) is 6.16. The minimum Gasteiger partial charge on any atom is -0.440 e. The largest absolute Gasteiger partial charge is 0.440 e. The lowest BCUT2D eigenvalue weighted by molar-refractivity contribution is -0.137. The molecule has 0 saturated carbocycles. The Balaban J connectivity index is 2.19. The summed E-state index contributed by atoms with van der Waals surface area (Å²) in [5.41, 5.74) is 6.98. The first-order valence-electron chi connectivity index (χ1n) is 7.78. The molecule has 26 heavy (non-hydrogen) atoms. The zero-order valence-electron chi connectivity index (χ0n) is 14.1. The van der Waals surface area contributed by atoms with Crippen LogP contribution in [0.4, 0.5) is 18.9 Å². The number of rotatable bonds is 2. The molecule has 0 amide bonds. The maximum absolute atomic E-state index is 13.1. The molecule has 0 saturated heterocycles. The first-order valence-corrected chi connectivity index (χ1v) is 7.78. The fraction of sp³-hybridized carbons (Fsp3) is 0.211. The van der Waals surface area contributed by atoms with Crippen molar-refractivity contribution in [3.63, 3.8) is 0 Å². The lowest BCUT2D eigenvalue weighted by atomic mass is 9.83. The normalized spacial score (nSPS) is 16.5. The number of ether oxygens (including phenoxy) is 1. The Bertz CT molecular complexity index is 926. The third kappa shape index (κ3) is 3.06. The van der Waals surface area contributed by atoms with E-state index in [0.717, 1.165) is 17.8 Å². The van der Waals surface area contributed by atoms with Gasteiger partial charge < -0.3 is 15.4 Å². The molecule has 7 heteroatoms. The minimum atomic E-state index is -4.47. The van der Waals surface area contributed by atoms with Gasteiger partial charge in [0.2, 0.25) is 5.88 Å².